The molecule has 0 atom stereocenters. The third-order valence-corrected chi connectivity index (χ3v) is 5.68. The van der Waals surface area contributed by atoms with Gasteiger partial charge in [0.1, 0.15) is 0 Å². The molecular formula is C20H18ClN5O3S. The predicted molar refractivity (Wildman–Crippen MR) is 114 cm³/mol. The van der Waals surface area contributed by atoms with Crippen LogP contribution < -0.4 is 4.90 Å². The molecule has 0 radical (unpaired) electrons. The predicted octanol–water partition coefficient (Wildman–Crippen LogP) is 2.76. The summed E-state index contributed by atoms with van der Waals surface area (Å²) in [4.78, 5) is 40.9. The average Bonchev–Trinajstić information content (AvgIpc) is 3.28. The highest BCUT2D eigenvalue weighted by Crippen LogP contribution is 2.21. The molecule has 0 unspecified atom stereocenters. The van der Waals surface area contributed by atoms with E-state index in [4.69, 9.17) is 16.3 Å². The van der Waals surface area contributed by atoms with Crippen LogP contribution in [0.15, 0.2) is 48.1 Å². The molecule has 8 nitrogen and oxygen atoms in total. The maximum absolute atomic E-state index is 12.4. The first-order valence-electron chi connectivity index (χ1n) is 9.28. The van der Waals surface area contributed by atoms with Crippen molar-refractivity contribution >= 4 is 40.5 Å². The van der Waals surface area contributed by atoms with Crippen molar-refractivity contribution in [1.82, 2.24) is 19.9 Å². The van der Waals surface area contributed by atoms with Crippen LogP contribution in [-0.4, -0.2) is 64.5 Å². The fourth-order valence-electron chi connectivity index (χ4n) is 3.06. The van der Waals surface area contributed by atoms with E-state index in [0.717, 1.165) is 5.69 Å². The van der Waals surface area contributed by atoms with Crippen molar-refractivity contribution in [2.24, 2.45) is 0 Å². The van der Waals surface area contributed by atoms with Gasteiger partial charge >= 0.3 is 5.97 Å². The van der Waals surface area contributed by atoms with Crippen LogP contribution in [0, 0.1) is 0 Å². The van der Waals surface area contributed by atoms with E-state index in [-0.39, 0.29) is 18.2 Å². The lowest BCUT2D eigenvalue weighted by atomic mass is 10.2. The Bertz CT molecular complexity index is 1040. The molecule has 30 heavy (non-hydrogen) atoms. The van der Waals surface area contributed by atoms with E-state index < -0.39 is 5.97 Å². The van der Waals surface area contributed by atoms with Crippen molar-refractivity contribution in [3.05, 3.63) is 58.8 Å². The van der Waals surface area contributed by atoms with Crippen LogP contribution in [0.3, 0.4) is 0 Å². The van der Waals surface area contributed by atoms with Gasteiger partial charge in [-0.15, -0.1) is 11.3 Å². The van der Waals surface area contributed by atoms with Gasteiger partial charge in [0.15, 0.2) is 23.1 Å². The van der Waals surface area contributed by atoms with Gasteiger partial charge in [-0.05, 0) is 24.3 Å². The zero-order valence-electron chi connectivity index (χ0n) is 15.9. The van der Waals surface area contributed by atoms with Crippen molar-refractivity contribution < 1.29 is 14.3 Å². The normalized spacial score (nSPS) is 13.9. The van der Waals surface area contributed by atoms with E-state index >= 15 is 0 Å². The Hall–Kier alpha value is -3.04. The Morgan fingerprint density at radius 2 is 1.87 bits per heavy atom. The number of rotatable bonds is 5. The lowest BCUT2D eigenvalue weighted by molar-refractivity contribution is -0.134. The zero-order chi connectivity index (χ0) is 20.9. The minimum absolute atomic E-state index is 0.140. The van der Waals surface area contributed by atoms with E-state index in [2.05, 4.69) is 19.9 Å². The quantitative estimate of drug-likeness (QED) is 0.560. The van der Waals surface area contributed by atoms with Crippen molar-refractivity contribution in [2.75, 3.05) is 37.7 Å². The molecule has 4 rings (SSSR count). The summed E-state index contributed by atoms with van der Waals surface area (Å²) in [5.74, 6) is -0.425. The maximum Gasteiger partial charge on any atom is 0.358 e. The van der Waals surface area contributed by atoms with Crippen molar-refractivity contribution in [2.45, 2.75) is 0 Å². The number of thiazole rings is 1. The van der Waals surface area contributed by atoms with Crippen LogP contribution in [0.2, 0.25) is 5.02 Å². The first kappa shape index (κ1) is 20.2. The Kier molecular flexibility index (Phi) is 6.20. The summed E-state index contributed by atoms with van der Waals surface area (Å²) >= 11 is 7.30. The SMILES string of the molecule is O=C(OCC(=O)N1CCN(c2cccc(Cl)c2)CC1)c1csc(-c2ncccn2)n1. The van der Waals surface area contributed by atoms with Gasteiger partial charge in [0.05, 0.1) is 0 Å². The number of aromatic nitrogens is 3. The summed E-state index contributed by atoms with van der Waals surface area (Å²) in [6, 6.07) is 9.34. The van der Waals surface area contributed by atoms with Crippen LogP contribution in [0.5, 0.6) is 0 Å². The van der Waals surface area contributed by atoms with Crippen molar-refractivity contribution in [3.8, 4) is 10.8 Å². The molecule has 154 valence electrons. The number of benzene rings is 1. The highest BCUT2D eigenvalue weighted by atomic mass is 35.5. The van der Waals surface area contributed by atoms with Crippen LogP contribution in [-0.2, 0) is 9.53 Å². The van der Waals surface area contributed by atoms with Gasteiger partial charge in [0.25, 0.3) is 5.91 Å². The summed E-state index contributed by atoms with van der Waals surface area (Å²) in [5, 5.41) is 2.77. The first-order chi connectivity index (χ1) is 14.6. The number of esters is 1. The topological polar surface area (TPSA) is 88.5 Å². The molecule has 0 saturated carbocycles. The fraction of sp³-hybridized carbons (Fsp3) is 0.250. The fourth-order valence-corrected chi connectivity index (χ4v) is 3.98. The van der Waals surface area contributed by atoms with Gasteiger partial charge < -0.3 is 14.5 Å². The molecule has 0 N–H and O–H groups in total. The summed E-state index contributed by atoms with van der Waals surface area (Å²) in [7, 11) is 0. The van der Waals surface area contributed by atoms with E-state index in [1.165, 1.54) is 11.3 Å². The zero-order valence-corrected chi connectivity index (χ0v) is 17.5. The summed E-state index contributed by atoms with van der Waals surface area (Å²) in [6.45, 7) is 2.16. The van der Waals surface area contributed by atoms with Gasteiger partial charge in [0.2, 0.25) is 0 Å². The molecule has 1 aliphatic rings. The number of carbonyl (C=O) groups is 2. The molecule has 3 aromatic rings. The van der Waals surface area contributed by atoms with Gasteiger partial charge in [-0.2, -0.15) is 0 Å². The summed E-state index contributed by atoms with van der Waals surface area (Å²) in [5.41, 5.74) is 1.17. The number of carbonyl (C=O) groups excluding carboxylic acids is 2. The largest absolute Gasteiger partial charge is 0.451 e. The molecule has 1 fully saturated rings. The van der Waals surface area contributed by atoms with Gasteiger partial charge in [-0.25, -0.2) is 19.7 Å². The van der Waals surface area contributed by atoms with Gasteiger partial charge in [-0.3, -0.25) is 4.79 Å². The summed E-state index contributed by atoms with van der Waals surface area (Å²) in [6.07, 6.45) is 3.21. The number of anilines is 1. The lowest BCUT2D eigenvalue weighted by Crippen LogP contribution is -2.49. The van der Waals surface area contributed by atoms with Crippen LogP contribution in [0.1, 0.15) is 10.5 Å². The van der Waals surface area contributed by atoms with E-state index in [0.29, 0.717) is 42.0 Å². The third kappa shape index (κ3) is 4.74. The first-order valence-corrected chi connectivity index (χ1v) is 10.5. The van der Waals surface area contributed by atoms with Crippen LogP contribution in [0.25, 0.3) is 10.8 Å². The summed E-state index contributed by atoms with van der Waals surface area (Å²) < 4.78 is 5.16. The van der Waals surface area contributed by atoms with E-state index in [1.807, 2.05) is 24.3 Å². The Labute approximate surface area is 182 Å². The number of halogens is 1. The number of hydrogen-bond acceptors (Lipinski definition) is 8. The number of hydrogen-bond donors (Lipinski definition) is 0. The minimum atomic E-state index is -0.639. The molecule has 1 aliphatic heterocycles. The Morgan fingerprint density at radius 3 is 2.60 bits per heavy atom. The van der Waals surface area contributed by atoms with Crippen molar-refractivity contribution in [1.29, 1.82) is 0 Å². The molecule has 0 aliphatic carbocycles. The van der Waals surface area contributed by atoms with E-state index in [9.17, 15) is 9.59 Å². The highest BCUT2D eigenvalue weighted by molar-refractivity contribution is 7.13. The molecule has 1 aromatic carbocycles. The monoisotopic (exact) mass is 443 g/mol. The average molecular weight is 444 g/mol. The molecule has 2 aromatic heterocycles. The molecular weight excluding hydrogens is 426 g/mol. The molecule has 3 heterocycles. The molecule has 1 amide bonds. The maximum atomic E-state index is 12.4. The van der Waals surface area contributed by atoms with Crippen LogP contribution in [0.4, 0.5) is 5.69 Å². The molecule has 0 spiro atoms. The second-order valence-electron chi connectivity index (χ2n) is 6.53. The number of amides is 1. The standard InChI is InChI=1S/C20H18ClN5O3S/c21-14-3-1-4-15(11-14)25-7-9-26(10-8-25)17(27)12-29-20(28)16-13-30-19(24-16)18-22-5-2-6-23-18/h1-6,11,13H,7-10,12H2. The van der Waals surface area contributed by atoms with Crippen molar-refractivity contribution in [3.63, 3.8) is 0 Å². The second kappa shape index (κ2) is 9.19. The van der Waals surface area contributed by atoms with Gasteiger partial charge in [-0.1, -0.05) is 17.7 Å². The van der Waals surface area contributed by atoms with E-state index in [1.54, 1.807) is 28.7 Å². The number of piperazine rings is 1. The molecule has 0 bridgehead atoms. The molecule has 10 heteroatoms. The Morgan fingerprint density at radius 1 is 1.10 bits per heavy atom. The van der Waals surface area contributed by atoms with Gasteiger partial charge in [0, 0.05) is 54.7 Å². The second-order valence-corrected chi connectivity index (χ2v) is 7.83. The number of ether oxygens (including phenoxy) is 1. The minimum Gasteiger partial charge on any atom is -0.451 e. The smallest absolute Gasteiger partial charge is 0.358 e. The highest BCUT2D eigenvalue weighted by Gasteiger charge is 2.23. The molecule has 1 saturated heterocycles. The number of nitrogens with zero attached hydrogens (tertiary/aromatic N) is 5. The third-order valence-electron chi connectivity index (χ3n) is 4.60. The Balaban J connectivity index is 1.27. The van der Waals surface area contributed by atoms with Crippen LogP contribution >= 0.6 is 22.9 Å². The lowest BCUT2D eigenvalue weighted by Gasteiger charge is -2.36.